The van der Waals surface area contributed by atoms with Crippen molar-refractivity contribution in [2.45, 2.75) is 63.2 Å². The van der Waals surface area contributed by atoms with Crippen LogP contribution < -0.4 is 10.2 Å². The van der Waals surface area contributed by atoms with Crippen molar-refractivity contribution in [1.29, 1.82) is 0 Å². The topological polar surface area (TPSA) is 85.8 Å². The molecule has 3 atom stereocenters. The van der Waals surface area contributed by atoms with Gasteiger partial charge in [-0.2, -0.15) is 13.2 Å². The quantitative estimate of drug-likeness (QED) is 0.326. The van der Waals surface area contributed by atoms with Crippen molar-refractivity contribution in [3.05, 3.63) is 93.8 Å². The van der Waals surface area contributed by atoms with E-state index in [1.807, 2.05) is 39.1 Å². The summed E-state index contributed by atoms with van der Waals surface area (Å²) in [4.78, 5) is 22.1. The fourth-order valence-electron chi connectivity index (χ4n) is 6.12. The van der Waals surface area contributed by atoms with E-state index in [1.165, 1.54) is 12.1 Å². The summed E-state index contributed by atoms with van der Waals surface area (Å²) in [6.45, 7) is 5.63. The highest BCUT2D eigenvalue weighted by Gasteiger charge is 2.34. The van der Waals surface area contributed by atoms with Gasteiger partial charge in [-0.25, -0.2) is 4.21 Å². The van der Waals surface area contributed by atoms with Crippen molar-refractivity contribution < 1.29 is 26.7 Å². The molecule has 1 fully saturated rings. The normalized spacial score (nSPS) is 18.9. The molecule has 11 heteroatoms. The minimum atomic E-state index is -4.56. The van der Waals surface area contributed by atoms with Crippen LogP contribution in [0.5, 0.6) is 0 Å². The van der Waals surface area contributed by atoms with E-state index in [-0.39, 0.29) is 23.6 Å². The molecule has 42 heavy (non-hydrogen) atoms. The minimum Gasteiger partial charge on any atom is -0.371 e. The molecular weight excluding hydrogens is 565 g/mol. The Morgan fingerprint density at radius 3 is 2.40 bits per heavy atom. The summed E-state index contributed by atoms with van der Waals surface area (Å²) in [6.07, 6.45) is -1.61. The van der Waals surface area contributed by atoms with Crippen molar-refractivity contribution in [3.63, 3.8) is 0 Å². The fourth-order valence-corrected chi connectivity index (χ4v) is 6.78. The van der Waals surface area contributed by atoms with Crippen molar-refractivity contribution in [3.8, 4) is 0 Å². The Hall–Kier alpha value is -3.28. The van der Waals surface area contributed by atoms with Gasteiger partial charge in [-0.3, -0.25) is 15.1 Å². The molecule has 7 nitrogen and oxygen atoms in total. The Morgan fingerprint density at radius 1 is 1.07 bits per heavy atom. The molecule has 5 rings (SSSR count). The van der Waals surface area contributed by atoms with Gasteiger partial charge in [0.05, 0.1) is 5.56 Å². The lowest BCUT2D eigenvalue weighted by atomic mass is 10.00. The summed E-state index contributed by atoms with van der Waals surface area (Å²) in [5.74, 6) is -0.0994. The molecule has 2 aliphatic rings. The Bertz CT molecular complexity index is 1470. The van der Waals surface area contributed by atoms with Crippen LogP contribution in [0.15, 0.2) is 54.6 Å². The molecule has 0 bridgehead atoms. The van der Waals surface area contributed by atoms with Gasteiger partial charge in [0, 0.05) is 54.9 Å². The number of alkyl halides is 3. The second kappa shape index (κ2) is 12.1. The number of nitrogens with one attached hydrogen (secondary N) is 1. The van der Waals surface area contributed by atoms with Crippen LogP contribution in [0.3, 0.4) is 0 Å². The second-order valence-corrected chi connectivity index (χ2v) is 12.2. The largest absolute Gasteiger partial charge is 0.416 e. The molecule has 224 valence electrons. The van der Waals surface area contributed by atoms with Crippen LogP contribution in [-0.2, 0) is 23.7 Å². The summed E-state index contributed by atoms with van der Waals surface area (Å²) in [7, 11) is 1.82. The number of carbonyl (C=O) groups excluding carboxylic acids is 1. The number of nitrogens with zero attached hydrogens (tertiary/aromatic N) is 3. The van der Waals surface area contributed by atoms with Crippen LogP contribution in [0.4, 0.5) is 18.9 Å². The lowest BCUT2D eigenvalue weighted by Crippen LogP contribution is -2.45. The highest BCUT2D eigenvalue weighted by atomic mass is 32.2. The van der Waals surface area contributed by atoms with Gasteiger partial charge in [-0.1, -0.05) is 18.2 Å². The van der Waals surface area contributed by atoms with Crippen molar-refractivity contribution in [1.82, 2.24) is 15.2 Å². The van der Waals surface area contributed by atoms with Gasteiger partial charge >= 0.3 is 6.18 Å². The maximum Gasteiger partial charge on any atom is 0.416 e. The Balaban J connectivity index is 1.28. The summed E-state index contributed by atoms with van der Waals surface area (Å²) >= 11 is -2.47. The highest BCUT2D eigenvalue weighted by Crippen LogP contribution is 2.36. The molecule has 0 radical (unpaired) electrons. The number of amides is 1. The number of halogens is 3. The number of pyridine rings is 1. The third-order valence-corrected chi connectivity index (χ3v) is 9.12. The average molecular weight is 601 g/mol. The highest BCUT2D eigenvalue weighted by molar-refractivity contribution is 7.79. The van der Waals surface area contributed by atoms with Gasteiger partial charge in [0.15, 0.2) is 11.1 Å². The van der Waals surface area contributed by atoms with E-state index < -0.39 is 28.2 Å². The van der Waals surface area contributed by atoms with E-state index in [4.69, 9.17) is 0 Å². The van der Waals surface area contributed by atoms with Gasteiger partial charge in [0.25, 0.3) is 5.91 Å². The van der Waals surface area contributed by atoms with Gasteiger partial charge < -0.3 is 14.4 Å². The van der Waals surface area contributed by atoms with Crippen molar-refractivity contribution >= 4 is 22.7 Å². The SMILES string of the molecule is Cc1cc(N2CCC(N(C)C(=O)c3ccc4c(c3)C(NC(c3cccc(C(F)(F)F)c3)S(=O)O)CC4)CC2)cc(C)n1. The van der Waals surface area contributed by atoms with Crippen LogP contribution in [0.1, 0.15) is 74.7 Å². The van der Waals surface area contributed by atoms with E-state index in [0.717, 1.165) is 66.3 Å². The molecule has 1 saturated heterocycles. The van der Waals surface area contributed by atoms with Crippen LogP contribution in [0, 0.1) is 13.8 Å². The number of anilines is 1. The molecule has 2 aromatic carbocycles. The number of hydrogen-bond donors (Lipinski definition) is 2. The molecular formula is C31H35F3N4O3S. The third kappa shape index (κ3) is 6.53. The van der Waals surface area contributed by atoms with Gasteiger partial charge in [0.2, 0.25) is 0 Å². The number of hydrogen-bond acceptors (Lipinski definition) is 5. The number of benzene rings is 2. The van der Waals surface area contributed by atoms with Gasteiger partial charge in [-0.05, 0) is 92.6 Å². The monoisotopic (exact) mass is 600 g/mol. The van der Waals surface area contributed by atoms with Crippen LogP contribution in [0.2, 0.25) is 0 Å². The first-order chi connectivity index (χ1) is 19.9. The molecule has 3 unspecified atom stereocenters. The first-order valence-corrected chi connectivity index (χ1v) is 15.2. The molecule has 1 amide bonds. The third-order valence-electron chi connectivity index (χ3n) is 8.31. The summed E-state index contributed by atoms with van der Waals surface area (Å²) in [6, 6.07) is 13.9. The molecule has 0 saturated carbocycles. The van der Waals surface area contributed by atoms with Crippen LogP contribution in [0.25, 0.3) is 0 Å². The molecule has 1 aromatic heterocycles. The lowest BCUT2D eigenvalue weighted by molar-refractivity contribution is -0.137. The predicted molar refractivity (Wildman–Crippen MR) is 157 cm³/mol. The Kier molecular flexibility index (Phi) is 8.73. The van der Waals surface area contributed by atoms with E-state index in [9.17, 15) is 26.7 Å². The fraction of sp³-hybridized carbons (Fsp3) is 0.419. The lowest BCUT2D eigenvalue weighted by Gasteiger charge is -2.38. The first-order valence-electron chi connectivity index (χ1n) is 14.0. The zero-order chi connectivity index (χ0) is 30.2. The van der Waals surface area contributed by atoms with Gasteiger partial charge in [-0.15, -0.1) is 0 Å². The molecule has 3 aromatic rings. The Morgan fingerprint density at radius 2 is 1.76 bits per heavy atom. The van der Waals surface area contributed by atoms with Crippen LogP contribution in [-0.4, -0.2) is 50.7 Å². The molecule has 1 aliphatic heterocycles. The number of piperidine rings is 1. The van der Waals surface area contributed by atoms with E-state index in [1.54, 1.807) is 4.90 Å². The van der Waals surface area contributed by atoms with E-state index >= 15 is 0 Å². The summed E-state index contributed by atoms with van der Waals surface area (Å²) in [5.41, 5.74) is 4.67. The first kappa shape index (κ1) is 30.2. The summed E-state index contributed by atoms with van der Waals surface area (Å²) in [5, 5.41) is 1.88. The van der Waals surface area contributed by atoms with Crippen molar-refractivity contribution in [2.75, 3.05) is 25.0 Å². The maximum absolute atomic E-state index is 13.6. The zero-order valence-electron chi connectivity index (χ0n) is 23.8. The smallest absolute Gasteiger partial charge is 0.371 e. The molecule has 1 aliphatic carbocycles. The number of rotatable bonds is 7. The standard InChI is InChI=1S/C31H35F3N4O3S/c1-19-15-26(16-20(2)35-19)38-13-11-25(12-14-38)37(3)30(39)23-8-7-21-9-10-28(27(21)18-23)36-29(42(40)41)22-5-4-6-24(17-22)31(32,33)34/h4-8,15-18,25,28-29,36H,9-14H2,1-3H3,(H,40,41). The maximum atomic E-state index is 13.6. The minimum absolute atomic E-state index is 0.0782. The predicted octanol–water partition coefficient (Wildman–Crippen LogP) is 5.96. The molecule has 2 N–H and O–H groups in total. The van der Waals surface area contributed by atoms with Crippen LogP contribution >= 0.6 is 0 Å². The van der Waals surface area contributed by atoms with Gasteiger partial charge in [0.1, 0.15) is 5.37 Å². The zero-order valence-corrected chi connectivity index (χ0v) is 24.6. The second-order valence-electron chi connectivity index (χ2n) is 11.2. The summed E-state index contributed by atoms with van der Waals surface area (Å²) < 4.78 is 62.1. The number of aromatic nitrogens is 1. The van der Waals surface area contributed by atoms with E-state index in [2.05, 4.69) is 27.3 Å². The Labute approximate surface area is 246 Å². The van der Waals surface area contributed by atoms with Crippen molar-refractivity contribution in [2.24, 2.45) is 0 Å². The molecule has 0 spiro atoms. The van der Waals surface area contributed by atoms with E-state index in [0.29, 0.717) is 18.4 Å². The number of carbonyl (C=O) groups is 1. The number of fused-ring (bicyclic) bond motifs is 1. The average Bonchev–Trinajstić information content (AvgIpc) is 3.36. The number of aryl methyl sites for hydroxylation is 3. The molecule has 2 heterocycles.